The summed E-state index contributed by atoms with van der Waals surface area (Å²) in [4.78, 5) is 230. The minimum atomic E-state index is -1.75. The number of benzene rings is 1. The Labute approximate surface area is 688 Å². The standard InChI is InChI=1S/C78H129N21O19/c1-45(2)38-50(82)75(114)96-34-13-21-58(96)71(110)91-53(20-9-12-31-81)77(116)99-37-16-24-61(99)78(117)98-36-15-22-59(98)72(111)90-52(19-8-11-30-80)76(115)97-35-14-23-60(97)73(112)95-65(47(5)6)74(113)93-56(41-62(83)102)70(109)94-57(43-100)67(106)86-33-17-32-85-63(103)42-87-118-44-64(104)88-54(39-46(3)4)68(107)92-55(40-48-25-27-49(101)28-26-48)69(108)89-51(66(84)105)18-7-10-29-79/h25-28,42,45-47,50-61,65,100-101H,7-24,29-41,43-44,79-82H2,1-6H3,(H2,83,102)(H2,84,105)(H,85,103)(H,86,106)(H,88,104)(H,89,108)(H,90,111)(H,91,110)(H,92,107)(H,93,113)(H,94,109)(H,95,112)/b87-42+/t50-,51-,52-,53-,54-,55-,56-,57-,58-,59-,60-,61-,65-/m0/s1. The van der Waals surface area contributed by atoms with Crippen LogP contribution in [0.2, 0.25) is 0 Å². The number of oxime groups is 1. The zero-order chi connectivity index (χ0) is 87.3. The molecule has 0 spiro atoms. The molecule has 4 saturated heterocycles. The van der Waals surface area contributed by atoms with Crippen molar-refractivity contribution < 1.29 is 91.8 Å². The molecule has 5 rings (SSSR count). The van der Waals surface area contributed by atoms with Crippen molar-refractivity contribution in [2.75, 3.05) is 72.1 Å². The molecule has 0 aliphatic carbocycles. The number of likely N-dealkylation sites (tertiary alicyclic amines) is 4. The van der Waals surface area contributed by atoms with Crippen LogP contribution >= 0.6 is 0 Å². The molecule has 4 fully saturated rings. The van der Waals surface area contributed by atoms with Gasteiger partial charge in [0.2, 0.25) is 82.7 Å². The van der Waals surface area contributed by atoms with Gasteiger partial charge in [0.05, 0.1) is 19.1 Å². The maximum absolute atomic E-state index is 14.8. The van der Waals surface area contributed by atoms with Gasteiger partial charge in [0.1, 0.15) is 84.5 Å². The summed E-state index contributed by atoms with van der Waals surface area (Å²) in [6.45, 7) is 10.5. The van der Waals surface area contributed by atoms with Gasteiger partial charge in [-0.3, -0.25) is 76.7 Å². The lowest BCUT2D eigenvalue weighted by Crippen LogP contribution is -2.61. The van der Waals surface area contributed by atoms with Gasteiger partial charge in [-0.25, -0.2) is 0 Å². The van der Waals surface area contributed by atoms with Crippen molar-refractivity contribution in [3.05, 3.63) is 29.8 Å². The van der Waals surface area contributed by atoms with E-state index in [-0.39, 0.29) is 121 Å². The Hall–Kier alpha value is -10.2. The average Bonchev–Trinajstić information content (AvgIpc) is 1.62. The van der Waals surface area contributed by atoms with Crippen LogP contribution in [0.3, 0.4) is 0 Å². The number of phenols is 1. The molecule has 4 aliphatic rings. The van der Waals surface area contributed by atoms with Crippen molar-refractivity contribution in [3.63, 3.8) is 0 Å². The van der Waals surface area contributed by atoms with Crippen LogP contribution in [-0.2, 0) is 88.0 Å². The second kappa shape index (κ2) is 50.5. The summed E-state index contributed by atoms with van der Waals surface area (Å²) < 4.78 is 0. The molecule has 660 valence electrons. The summed E-state index contributed by atoms with van der Waals surface area (Å²) >= 11 is 0. The third-order valence-corrected chi connectivity index (χ3v) is 21.0. The lowest BCUT2D eigenvalue weighted by Gasteiger charge is -2.34. The fourth-order valence-corrected chi connectivity index (χ4v) is 14.8. The van der Waals surface area contributed by atoms with Crippen LogP contribution in [0.5, 0.6) is 5.75 Å². The number of amides is 16. The fourth-order valence-electron chi connectivity index (χ4n) is 14.8. The average molecular weight is 1670 g/mol. The van der Waals surface area contributed by atoms with Crippen molar-refractivity contribution in [1.82, 2.24) is 72.8 Å². The number of primary amides is 2. The van der Waals surface area contributed by atoms with E-state index in [4.69, 9.17) is 39.2 Å². The first kappa shape index (κ1) is 98.4. The molecular formula is C78H129N21O19. The smallest absolute Gasteiger partial charge is 0.265 e. The maximum atomic E-state index is 14.8. The van der Waals surface area contributed by atoms with Gasteiger partial charge in [-0.2, -0.15) is 0 Å². The fraction of sp³-hybridized carbons (Fsp3) is 0.705. The van der Waals surface area contributed by atoms with Crippen molar-refractivity contribution >= 4 is 101 Å². The predicted octanol–water partition coefficient (Wildman–Crippen LogP) is -4.78. The van der Waals surface area contributed by atoms with E-state index in [9.17, 15) is 86.9 Å². The lowest BCUT2D eigenvalue weighted by atomic mass is 10.0. The molecule has 16 amide bonds. The number of rotatable bonds is 51. The molecule has 0 aromatic heterocycles. The van der Waals surface area contributed by atoms with Crippen LogP contribution < -0.4 is 87.6 Å². The second-order valence-electron chi connectivity index (χ2n) is 31.8. The number of phenolic OH excluding ortho intramolecular Hbond substituents is 1. The zero-order valence-corrected chi connectivity index (χ0v) is 69.0. The topological polar surface area (TPSA) is 625 Å². The number of nitrogens with two attached hydrogens (primary N) is 6. The van der Waals surface area contributed by atoms with Crippen LogP contribution in [-0.4, -0.2) is 281 Å². The number of hydrogen-bond donors (Lipinski definition) is 18. The first-order chi connectivity index (χ1) is 56.1. The van der Waals surface area contributed by atoms with Gasteiger partial charge in [0.25, 0.3) is 11.8 Å². The summed E-state index contributed by atoms with van der Waals surface area (Å²) in [5.74, 6) is -12.4. The molecule has 13 atom stereocenters. The van der Waals surface area contributed by atoms with E-state index in [1.54, 1.807) is 39.8 Å². The van der Waals surface area contributed by atoms with E-state index in [1.807, 2.05) is 13.8 Å². The summed E-state index contributed by atoms with van der Waals surface area (Å²) in [7, 11) is 0. The van der Waals surface area contributed by atoms with Gasteiger partial charge in [-0.15, -0.1) is 0 Å². The van der Waals surface area contributed by atoms with Crippen molar-refractivity contribution in [2.45, 2.75) is 261 Å². The van der Waals surface area contributed by atoms with E-state index in [2.05, 4.69) is 58.3 Å². The number of carbonyl (C=O) groups excluding carboxylic acids is 16. The Morgan fingerprint density at radius 3 is 1.45 bits per heavy atom. The zero-order valence-electron chi connectivity index (χ0n) is 69.0. The number of aromatic hydroxyl groups is 1. The predicted molar refractivity (Wildman–Crippen MR) is 432 cm³/mol. The molecular weight excluding hydrogens is 1530 g/mol. The first-order valence-corrected chi connectivity index (χ1v) is 41.3. The largest absolute Gasteiger partial charge is 0.508 e. The van der Waals surface area contributed by atoms with Crippen molar-refractivity contribution in [3.8, 4) is 5.75 Å². The van der Waals surface area contributed by atoms with E-state index in [1.165, 1.54) is 31.7 Å². The number of nitrogens with zero attached hydrogens (tertiary/aromatic N) is 5. The van der Waals surface area contributed by atoms with Gasteiger partial charge in [0.15, 0.2) is 6.61 Å². The minimum Gasteiger partial charge on any atom is -0.508 e. The molecule has 0 saturated carbocycles. The number of carbonyl (C=O) groups is 16. The summed E-state index contributed by atoms with van der Waals surface area (Å²) in [6.07, 6.45) is 6.82. The van der Waals surface area contributed by atoms with E-state index in [0.717, 1.165) is 6.21 Å². The van der Waals surface area contributed by atoms with Crippen LogP contribution in [0.1, 0.15) is 182 Å². The van der Waals surface area contributed by atoms with Gasteiger partial charge in [-0.1, -0.05) is 58.8 Å². The minimum absolute atomic E-state index is 0.0356. The third-order valence-electron chi connectivity index (χ3n) is 21.0. The number of unbranched alkanes of at least 4 members (excludes halogenated alkanes) is 3. The normalized spacial score (nSPS) is 18.9. The SMILES string of the molecule is CC(C)C[C@H](NC(=O)CO/N=C/C(=O)NCCCNC(=O)[C@H](CO)NC(=O)[C@H](CC(N)=O)NC(=O)[C@@H](NC(=O)[C@@H]1CCCN1C(=O)[C@H](CCCCN)NC(=O)[C@@H]1CCCN1C(=O)[C@@H]1CCCN1C(=O)[C@H](CCCCN)NC(=O)[C@@H]1CCCN1C(=O)[C@@H](N)CC(C)C)C(C)C)C(=O)N[C@@H](Cc1ccc(O)cc1)C(=O)N[C@@H](CCCCN)C(N)=O. The Morgan fingerprint density at radius 1 is 0.492 bits per heavy atom. The Bertz CT molecular complexity index is 3590. The molecule has 4 heterocycles. The monoisotopic (exact) mass is 1660 g/mol. The first-order valence-electron chi connectivity index (χ1n) is 41.3. The number of hydrogen-bond acceptors (Lipinski definition) is 24. The molecule has 1 aromatic rings. The van der Waals surface area contributed by atoms with Crippen LogP contribution in [0.4, 0.5) is 0 Å². The highest BCUT2D eigenvalue weighted by molar-refractivity contribution is 6.26. The highest BCUT2D eigenvalue weighted by Crippen LogP contribution is 2.29. The summed E-state index contributed by atoms with van der Waals surface area (Å²) in [5, 5.41) is 49.5. The summed E-state index contributed by atoms with van der Waals surface area (Å²) in [6, 6.07) is -9.47. The molecule has 0 unspecified atom stereocenters. The molecule has 24 N–H and O–H groups in total. The third kappa shape index (κ3) is 31.6. The van der Waals surface area contributed by atoms with Gasteiger partial charge in [-0.05, 0) is 184 Å². The highest BCUT2D eigenvalue weighted by atomic mass is 16.6. The van der Waals surface area contributed by atoms with Gasteiger partial charge in [0, 0.05) is 45.7 Å². The van der Waals surface area contributed by atoms with E-state index >= 15 is 0 Å². The van der Waals surface area contributed by atoms with Crippen LogP contribution in [0, 0.1) is 17.8 Å². The molecule has 4 aliphatic heterocycles. The molecule has 118 heavy (non-hydrogen) atoms. The Morgan fingerprint density at radius 2 is 0.941 bits per heavy atom. The van der Waals surface area contributed by atoms with E-state index in [0.29, 0.717) is 102 Å². The van der Waals surface area contributed by atoms with Gasteiger partial charge < -0.3 is 122 Å². The Balaban J connectivity index is 1.12. The summed E-state index contributed by atoms with van der Waals surface area (Å²) in [5.41, 5.74) is 35.2. The van der Waals surface area contributed by atoms with Crippen LogP contribution in [0.15, 0.2) is 29.4 Å². The molecule has 0 bridgehead atoms. The van der Waals surface area contributed by atoms with Gasteiger partial charge >= 0.3 is 0 Å². The van der Waals surface area contributed by atoms with Crippen molar-refractivity contribution in [1.29, 1.82) is 0 Å². The molecule has 1 aromatic carbocycles. The maximum Gasteiger partial charge on any atom is 0.265 e. The van der Waals surface area contributed by atoms with Crippen LogP contribution in [0.25, 0.3) is 0 Å². The molecule has 0 radical (unpaired) electrons. The lowest BCUT2D eigenvalue weighted by molar-refractivity contribution is -0.149. The van der Waals surface area contributed by atoms with Crippen molar-refractivity contribution in [2.24, 2.45) is 57.3 Å². The molecule has 40 heteroatoms. The molecule has 40 nitrogen and oxygen atoms in total. The highest BCUT2D eigenvalue weighted by Gasteiger charge is 2.47. The number of aliphatic hydroxyl groups is 1. The quantitative estimate of drug-likeness (QED) is 0.0165. The number of nitrogens with one attached hydrogen (secondary N) is 10. The number of aliphatic hydroxyl groups excluding tert-OH is 1. The Kier molecular flexibility index (Phi) is 42.1. The second-order valence-corrected chi connectivity index (χ2v) is 31.8. The van der Waals surface area contributed by atoms with E-state index < -0.39 is 193 Å².